The molecule has 0 saturated heterocycles. The van der Waals surface area contributed by atoms with Gasteiger partial charge in [0.2, 0.25) is 11.9 Å². The van der Waals surface area contributed by atoms with Gasteiger partial charge in [-0.25, -0.2) is 4.99 Å². The summed E-state index contributed by atoms with van der Waals surface area (Å²) in [5, 5.41) is 3.30. The fraction of sp³-hybridized carbons (Fsp3) is 0.714. The van der Waals surface area contributed by atoms with Crippen molar-refractivity contribution in [3.8, 4) is 12.5 Å². The van der Waals surface area contributed by atoms with Gasteiger partial charge >= 0.3 is 0 Å². The van der Waals surface area contributed by atoms with Crippen LogP contribution in [0.1, 0.15) is 34.1 Å². The van der Waals surface area contributed by atoms with Gasteiger partial charge in [-0.1, -0.05) is 13.3 Å². The molecule has 0 radical (unpaired) electrons. The van der Waals surface area contributed by atoms with Crippen LogP contribution in [-0.2, 0) is 0 Å². The van der Waals surface area contributed by atoms with Crippen LogP contribution in [-0.4, -0.2) is 54.9 Å². The highest BCUT2D eigenvalue weighted by Gasteiger charge is 2.10. The zero-order valence-corrected chi connectivity index (χ0v) is 13.2. The molecule has 19 heavy (non-hydrogen) atoms. The zero-order chi connectivity index (χ0) is 15.0. The lowest BCUT2D eigenvalue weighted by Crippen LogP contribution is -2.39. The van der Waals surface area contributed by atoms with Crippen LogP contribution in [0.15, 0.2) is 9.98 Å². The molecular weight excluding hydrogens is 238 g/mol. The SMILES string of the molecule is C#CN(C)/C(=N\C(=N/C(C)C)NC(C)CC)N(C)C. The Labute approximate surface area is 117 Å². The average Bonchev–Trinajstić information content (AvgIpc) is 2.33. The standard InChI is InChI=1S/C14H27N5/c1-9-12(5)16-13(15-11(3)4)17-14(18(6)7)19(8)10-2/h2,11-12H,9H2,1,3-8H3,(H,15,16)/b17-14-. The van der Waals surface area contributed by atoms with E-state index in [1.165, 1.54) is 0 Å². The molecule has 0 aromatic rings. The average molecular weight is 265 g/mol. The van der Waals surface area contributed by atoms with Gasteiger partial charge in [0.1, 0.15) is 0 Å². The van der Waals surface area contributed by atoms with Crippen molar-refractivity contribution >= 4 is 11.9 Å². The van der Waals surface area contributed by atoms with Gasteiger partial charge < -0.3 is 10.2 Å². The van der Waals surface area contributed by atoms with Gasteiger partial charge in [0.15, 0.2) is 0 Å². The lowest BCUT2D eigenvalue weighted by molar-refractivity contribution is 0.523. The summed E-state index contributed by atoms with van der Waals surface area (Å²) in [6.45, 7) is 8.27. The van der Waals surface area contributed by atoms with Gasteiger partial charge in [-0.05, 0) is 27.2 Å². The van der Waals surface area contributed by atoms with Gasteiger partial charge in [0, 0.05) is 39.3 Å². The number of hydrogen-bond donors (Lipinski definition) is 1. The number of nitrogens with zero attached hydrogens (tertiary/aromatic N) is 4. The smallest absolute Gasteiger partial charge is 0.221 e. The summed E-state index contributed by atoms with van der Waals surface area (Å²) >= 11 is 0. The molecule has 0 rings (SSSR count). The fourth-order valence-corrected chi connectivity index (χ4v) is 1.29. The van der Waals surface area contributed by atoms with Crippen LogP contribution in [0.4, 0.5) is 0 Å². The molecule has 0 fully saturated rings. The van der Waals surface area contributed by atoms with Crippen LogP contribution >= 0.6 is 0 Å². The number of guanidine groups is 2. The maximum atomic E-state index is 5.42. The van der Waals surface area contributed by atoms with E-state index < -0.39 is 0 Å². The Kier molecular flexibility index (Phi) is 7.66. The second kappa shape index (κ2) is 8.41. The molecule has 0 aliphatic heterocycles. The van der Waals surface area contributed by atoms with Crippen LogP contribution in [0.2, 0.25) is 0 Å². The van der Waals surface area contributed by atoms with Crippen LogP contribution in [0.25, 0.3) is 0 Å². The summed E-state index contributed by atoms with van der Waals surface area (Å²) in [6, 6.07) is 3.05. The highest BCUT2D eigenvalue weighted by atomic mass is 15.4. The van der Waals surface area contributed by atoms with Gasteiger partial charge in [0.25, 0.3) is 0 Å². The van der Waals surface area contributed by atoms with E-state index >= 15 is 0 Å². The molecule has 5 heteroatoms. The first-order valence-electron chi connectivity index (χ1n) is 6.62. The van der Waals surface area contributed by atoms with Gasteiger partial charge in [0.05, 0.1) is 0 Å². The summed E-state index contributed by atoms with van der Waals surface area (Å²) in [4.78, 5) is 12.5. The molecule has 0 spiro atoms. The molecule has 1 unspecified atom stereocenters. The molecule has 0 aliphatic carbocycles. The van der Waals surface area contributed by atoms with Crippen molar-refractivity contribution < 1.29 is 0 Å². The molecule has 0 aliphatic rings. The minimum absolute atomic E-state index is 0.176. The Morgan fingerprint density at radius 3 is 2.21 bits per heavy atom. The predicted molar refractivity (Wildman–Crippen MR) is 83.2 cm³/mol. The monoisotopic (exact) mass is 265 g/mol. The van der Waals surface area contributed by atoms with Crippen LogP contribution < -0.4 is 5.32 Å². The molecule has 0 bridgehead atoms. The van der Waals surface area contributed by atoms with Crippen molar-refractivity contribution in [2.45, 2.75) is 46.2 Å². The molecule has 0 heterocycles. The third kappa shape index (κ3) is 6.70. The summed E-state index contributed by atoms with van der Waals surface area (Å²) in [5.74, 6) is 1.30. The van der Waals surface area contributed by atoms with Crippen LogP contribution in [0, 0.1) is 12.5 Å². The largest absolute Gasteiger partial charge is 0.352 e. The molecule has 1 atom stereocenters. The number of terminal acetylenes is 1. The predicted octanol–water partition coefficient (Wildman–Crippen LogP) is 1.58. The summed E-state index contributed by atoms with van der Waals surface area (Å²) < 4.78 is 0. The quantitative estimate of drug-likeness (QED) is 0.365. The summed E-state index contributed by atoms with van der Waals surface area (Å²) in [6.07, 6.45) is 6.43. The van der Waals surface area contributed by atoms with Crippen LogP contribution in [0.5, 0.6) is 0 Å². The Morgan fingerprint density at radius 2 is 1.84 bits per heavy atom. The van der Waals surface area contributed by atoms with Gasteiger partial charge in [-0.3, -0.25) is 4.90 Å². The Balaban J connectivity index is 5.30. The maximum Gasteiger partial charge on any atom is 0.221 e. The molecular formula is C14H27N5. The van der Waals surface area contributed by atoms with Crippen LogP contribution in [0.3, 0.4) is 0 Å². The minimum atomic E-state index is 0.176. The molecule has 0 aromatic carbocycles. The first-order chi connectivity index (χ1) is 8.81. The Hall–Kier alpha value is -1.70. The van der Waals surface area contributed by atoms with E-state index in [9.17, 15) is 0 Å². The molecule has 1 N–H and O–H groups in total. The van der Waals surface area contributed by atoms with Crippen molar-refractivity contribution in [1.82, 2.24) is 15.1 Å². The van der Waals surface area contributed by atoms with Gasteiger partial charge in [-0.15, -0.1) is 0 Å². The number of rotatable bonds is 3. The molecule has 0 saturated carbocycles. The fourth-order valence-electron chi connectivity index (χ4n) is 1.29. The van der Waals surface area contributed by atoms with Gasteiger partial charge in [-0.2, -0.15) is 4.99 Å². The normalized spacial score (nSPS) is 14.1. The number of nitrogens with one attached hydrogen (secondary N) is 1. The molecule has 5 nitrogen and oxygen atoms in total. The van der Waals surface area contributed by atoms with Crippen molar-refractivity contribution in [1.29, 1.82) is 0 Å². The molecule has 0 aromatic heterocycles. The van der Waals surface area contributed by atoms with E-state index in [1.54, 1.807) is 11.9 Å². The lowest BCUT2D eigenvalue weighted by Gasteiger charge is -2.22. The second-order valence-corrected chi connectivity index (χ2v) is 4.99. The maximum absolute atomic E-state index is 5.42. The highest BCUT2D eigenvalue weighted by molar-refractivity contribution is 5.95. The lowest BCUT2D eigenvalue weighted by atomic mass is 10.3. The third-order valence-electron chi connectivity index (χ3n) is 2.47. The Morgan fingerprint density at radius 1 is 1.26 bits per heavy atom. The van der Waals surface area contributed by atoms with E-state index in [0.717, 1.165) is 6.42 Å². The summed E-state index contributed by atoms with van der Waals surface area (Å²) in [5.41, 5.74) is 0. The first kappa shape index (κ1) is 17.3. The minimum Gasteiger partial charge on any atom is -0.352 e. The highest BCUT2D eigenvalue weighted by Crippen LogP contribution is 1.97. The third-order valence-corrected chi connectivity index (χ3v) is 2.47. The van der Waals surface area contributed by atoms with Crippen molar-refractivity contribution in [3.63, 3.8) is 0 Å². The van der Waals surface area contributed by atoms with E-state index in [0.29, 0.717) is 18.0 Å². The van der Waals surface area contributed by atoms with Crippen molar-refractivity contribution in [2.75, 3.05) is 21.1 Å². The molecule has 108 valence electrons. The second-order valence-electron chi connectivity index (χ2n) is 4.99. The topological polar surface area (TPSA) is 43.2 Å². The van der Waals surface area contributed by atoms with Crippen molar-refractivity contribution in [3.05, 3.63) is 0 Å². The van der Waals surface area contributed by atoms with Crippen molar-refractivity contribution in [2.24, 2.45) is 9.98 Å². The first-order valence-corrected chi connectivity index (χ1v) is 6.62. The van der Waals surface area contributed by atoms with E-state index in [4.69, 9.17) is 6.42 Å². The molecule has 0 amide bonds. The van der Waals surface area contributed by atoms with E-state index in [1.807, 2.05) is 32.8 Å². The van der Waals surface area contributed by atoms with E-state index in [2.05, 4.69) is 35.2 Å². The zero-order valence-electron chi connectivity index (χ0n) is 13.2. The summed E-state index contributed by atoms with van der Waals surface area (Å²) in [7, 11) is 5.61. The number of hydrogen-bond acceptors (Lipinski definition) is 1. The van der Waals surface area contributed by atoms with E-state index in [-0.39, 0.29) is 6.04 Å². The Bertz CT molecular complexity index is 363. The number of aliphatic imine (C=N–C) groups is 2.